The fourth-order valence-electron chi connectivity index (χ4n) is 2.45. The van der Waals surface area contributed by atoms with Crippen molar-refractivity contribution >= 4 is 16.9 Å². The Bertz CT molecular complexity index is 946. The summed E-state index contributed by atoms with van der Waals surface area (Å²) < 4.78 is 18.2. The highest BCUT2D eigenvalue weighted by molar-refractivity contribution is 5.95. The molecule has 116 valence electrons. The van der Waals surface area contributed by atoms with Gasteiger partial charge in [-0.15, -0.1) is 0 Å². The van der Waals surface area contributed by atoms with E-state index in [1.807, 2.05) is 19.1 Å². The second-order valence-corrected chi connectivity index (χ2v) is 5.23. The van der Waals surface area contributed by atoms with Crippen molar-refractivity contribution in [3.05, 3.63) is 81.5 Å². The summed E-state index contributed by atoms with van der Waals surface area (Å²) in [5.41, 5.74) is 1.61. The quantitative estimate of drug-likeness (QED) is 0.756. The average molecular weight is 311 g/mol. The van der Waals surface area contributed by atoms with Gasteiger partial charge in [-0.25, -0.2) is 9.18 Å². The van der Waals surface area contributed by atoms with E-state index in [1.165, 1.54) is 18.2 Å². The van der Waals surface area contributed by atoms with E-state index < -0.39 is 11.4 Å². The third-order valence-electron chi connectivity index (χ3n) is 3.62. The van der Waals surface area contributed by atoms with E-state index in [-0.39, 0.29) is 18.0 Å². The molecule has 23 heavy (non-hydrogen) atoms. The van der Waals surface area contributed by atoms with Crippen molar-refractivity contribution in [1.29, 1.82) is 0 Å². The maximum absolute atomic E-state index is 13.2. The van der Waals surface area contributed by atoms with Crippen LogP contribution < -0.4 is 10.9 Å². The summed E-state index contributed by atoms with van der Waals surface area (Å²) in [5, 5.41) is 3.37. The number of carbonyl (C=O) groups is 1. The molecule has 0 spiro atoms. The molecule has 0 aliphatic rings. The topological polar surface area (TPSA) is 59.3 Å². The highest BCUT2D eigenvalue weighted by Crippen LogP contribution is 2.18. The standard InChI is InChI=1S/C18H14FNO3/c1-11-4-2-3-5-14(11)18(22)20-10-12-8-17(21)23-16-9-13(19)6-7-15(12)16/h2-9H,10H2,1H3,(H,20,22). The van der Waals surface area contributed by atoms with E-state index in [2.05, 4.69) is 5.32 Å². The van der Waals surface area contributed by atoms with Crippen LogP contribution in [0, 0.1) is 12.7 Å². The molecular weight excluding hydrogens is 297 g/mol. The normalized spacial score (nSPS) is 10.7. The molecular formula is C18H14FNO3. The lowest BCUT2D eigenvalue weighted by Crippen LogP contribution is -2.24. The first-order chi connectivity index (χ1) is 11.0. The van der Waals surface area contributed by atoms with Gasteiger partial charge in [0.15, 0.2) is 0 Å². The van der Waals surface area contributed by atoms with Gasteiger partial charge >= 0.3 is 5.63 Å². The number of aryl methyl sites for hydroxylation is 1. The first-order valence-corrected chi connectivity index (χ1v) is 7.11. The molecule has 0 bridgehead atoms. The van der Waals surface area contributed by atoms with Crippen molar-refractivity contribution in [2.75, 3.05) is 0 Å². The Balaban J connectivity index is 1.89. The zero-order chi connectivity index (χ0) is 16.4. The van der Waals surface area contributed by atoms with Crippen LogP contribution in [0.1, 0.15) is 21.5 Å². The van der Waals surface area contributed by atoms with Gasteiger partial charge in [-0.3, -0.25) is 4.79 Å². The van der Waals surface area contributed by atoms with Gasteiger partial charge < -0.3 is 9.73 Å². The van der Waals surface area contributed by atoms with E-state index in [4.69, 9.17) is 4.42 Å². The van der Waals surface area contributed by atoms with Gasteiger partial charge in [-0.05, 0) is 36.2 Å². The van der Waals surface area contributed by atoms with E-state index in [1.54, 1.807) is 12.1 Å². The van der Waals surface area contributed by atoms with Crippen LogP contribution in [0.2, 0.25) is 0 Å². The molecule has 0 atom stereocenters. The molecule has 0 saturated heterocycles. The van der Waals surface area contributed by atoms with Crippen LogP contribution in [-0.4, -0.2) is 5.91 Å². The van der Waals surface area contributed by atoms with E-state index in [0.717, 1.165) is 11.6 Å². The van der Waals surface area contributed by atoms with Gasteiger partial charge in [-0.2, -0.15) is 0 Å². The predicted octanol–water partition coefficient (Wildman–Crippen LogP) is 3.17. The number of halogens is 1. The summed E-state index contributed by atoms with van der Waals surface area (Å²) in [5.74, 6) is -0.714. The minimum absolute atomic E-state index is 0.154. The average Bonchev–Trinajstić information content (AvgIpc) is 2.52. The van der Waals surface area contributed by atoms with Crippen molar-refractivity contribution < 1.29 is 13.6 Å². The number of hydrogen-bond acceptors (Lipinski definition) is 3. The first kappa shape index (κ1) is 15.0. The smallest absolute Gasteiger partial charge is 0.336 e. The van der Waals surface area contributed by atoms with Gasteiger partial charge in [0.1, 0.15) is 11.4 Å². The van der Waals surface area contributed by atoms with E-state index in [9.17, 15) is 14.0 Å². The predicted molar refractivity (Wildman–Crippen MR) is 84.8 cm³/mol. The van der Waals surface area contributed by atoms with Crippen LogP contribution in [0.4, 0.5) is 4.39 Å². The molecule has 0 unspecified atom stereocenters. The van der Waals surface area contributed by atoms with Crippen LogP contribution in [0.25, 0.3) is 11.0 Å². The SMILES string of the molecule is Cc1ccccc1C(=O)NCc1cc(=O)oc2cc(F)ccc12. The highest BCUT2D eigenvalue weighted by atomic mass is 19.1. The lowest BCUT2D eigenvalue weighted by atomic mass is 10.1. The molecule has 1 aromatic heterocycles. The van der Waals surface area contributed by atoms with E-state index in [0.29, 0.717) is 16.5 Å². The second kappa shape index (κ2) is 6.04. The molecule has 0 aliphatic carbocycles. The molecule has 1 heterocycles. The summed E-state index contributed by atoms with van der Waals surface area (Å²) >= 11 is 0. The number of amides is 1. The van der Waals surface area contributed by atoms with Crippen molar-refractivity contribution in [2.45, 2.75) is 13.5 Å². The Hall–Kier alpha value is -2.95. The fraction of sp³-hybridized carbons (Fsp3) is 0.111. The zero-order valence-corrected chi connectivity index (χ0v) is 12.4. The number of nitrogens with one attached hydrogen (secondary N) is 1. The Labute approximate surface area is 131 Å². The Morgan fingerprint density at radius 2 is 1.96 bits per heavy atom. The lowest BCUT2D eigenvalue weighted by molar-refractivity contribution is 0.0950. The van der Waals surface area contributed by atoms with Crippen molar-refractivity contribution in [2.24, 2.45) is 0 Å². The highest BCUT2D eigenvalue weighted by Gasteiger charge is 2.11. The van der Waals surface area contributed by atoms with Crippen LogP contribution >= 0.6 is 0 Å². The molecule has 1 N–H and O–H groups in total. The van der Waals surface area contributed by atoms with Gasteiger partial charge in [0.25, 0.3) is 5.91 Å². The monoisotopic (exact) mass is 311 g/mol. The zero-order valence-electron chi connectivity index (χ0n) is 12.4. The van der Waals surface area contributed by atoms with Crippen LogP contribution in [0.3, 0.4) is 0 Å². The Morgan fingerprint density at radius 1 is 1.17 bits per heavy atom. The minimum atomic E-state index is -0.580. The molecule has 0 aliphatic heterocycles. The molecule has 4 nitrogen and oxygen atoms in total. The number of carbonyl (C=O) groups excluding carboxylic acids is 1. The molecule has 2 aromatic carbocycles. The summed E-state index contributed by atoms with van der Waals surface area (Å²) in [7, 11) is 0. The summed E-state index contributed by atoms with van der Waals surface area (Å²) in [6, 6.07) is 12.5. The van der Waals surface area contributed by atoms with Crippen LogP contribution in [0.15, 0.2) is 57.7 Å². The molecule has 0 saturated carbocycles. The Morgan fingerprint density at radius 3 is 2.74 bits per heavy atom. The largest absolute Gasteiger partial charge is 0.423 e. The van der Waals surface area contributed by atoms with E-state index >= 15 is 0 Å². The third-order valence-corrected chi connectivity index (χ3v) is 3.62. The van der Waals surface area contributed by atoms with Crippen molar-refractivity contribution in [3.8, 4) is 0 Å². The molecule has 0 fully saturated rings. The molecule has 5 heteroatoms. The molecule has 1 amide bonds. The fourth-order valence-corrected chi connectivity index (χ4v) is 2.45. The van der Waals surface area contributed by atoms with Gasteiger partial charge in [0, 0.05) is 29.6 Å². The molecule has 3 aromatic rings. The van der Waals surface area contributed by atoms with Crippen LogP contribution in [-0.2, 0) is 6.54 Å². The lowest BCUT2D eigenvalue weighted by Gasteiger charge is -2.09. The maximum atomic E-state index is 13.2. The molecule has 3 rings (SSSR count). The number of fused-ring (bicyclic) bond motifs is 1. The van der Waals surface area contributed by atoms with Gasteiger partial charge in [0.05, 0.1) is 0 Å². The summed E-state index contributed by atoms with van der Waals surface area (Å²) in [6.45, 7) is 2.01. The van der Waals surface area contributed by atoms with Gasteiger partial charge in [0.2, 0.25) is 0 Å². The number of rotatable bonds is 3. The Kier molecular flexibility index (Phi) is 3.93. The van der Waals surface area contributed by atoms with Gasteiger partial charge in [-0.1, -0.05) is 18.2 Å². The second-order valence-electron chi connectivity index (χ2n) is 5.23. The third kappa shape index (κ3) is 3.13. The first-order valence-electron chi connectivity index (χ1n) is 7.11. The summed E-state index contributed by atoms with van der Waals surface area (Å²) in [6.07, 6.45) is 0. The van der Waals surface area contributed by atoms with Crippen molar-refractivity contribution in [3.63, 3.8) is 0 Å². The minimum Gasteiger partial charge on any atom is -0.423 e. The summed E-state index contributed by atoms with van der Waals surface area (Å²) in [4.78, 5) is 23.8. The number of hydrogen-bond donors (Lipinski definition) is 1. The van der Waals surface area contributed by atoms with Crippen LogP contribution in [0.5, 0.6) is 0 Å². The molecule has 0 radical (unpaired) electrons. The maximum Gasteiger partial charge on any atom is 0.336 e. The number of benzene rings is 2. The van der Waals surface area contributed by atoms with Crippen molar-refractivity contribution in [1.82, 2.24) is 5.32 Å².